The maximum absolute atomic E-state index is 13.6. The highest BCUT2D eigenvalue weighted by molar-refractivity contribution is 9.10. The van der Waals surface area contributed by atoms with Gasteiger partial charge in [0, 0.05) is 19.2 Å². The summed E-state index contributed by atoms with van der Waals surface area (Å²) in [5, 5.41) is 0. The van der Waals surface area contributed by atoms with E-state index in [0.717, 1.165) is 43.5 Å². The number of hydrogen-bond donors (Lipinski definition) is 1. The molecule has 1 aromatic rings. The summed E-state index contributed by atoms with van der Waals surface area (Å²) in [7, 11) is 0. The van der Waals surface area contributed by atoms with Crippen LogP contribution in [0.1, 0.15) is 26.7 Å². The summed E-state index contributed by atoms with van der Waals surface area (Å²) in [4.78, 5) is 2.20. The smallest absolute Gasteiger partial charge is 0.139 e. The van der Waals surface area contributed by atoms with Crippen molar-refractivity contribution in [3.8, 4) is 0 Å². The Kier molecular flexibility index (Phi) is 4.15. The van der Waals surface area contributed by atoms with E-state index in [1.54, 1.807) is 6.07 Å². The quantitative estimate of drug-likeness (QED) is 0.835. The first-order valence-electron chi connectivity index (χ1n) is 6.48. The van der Waals surface area contributed by atoms with Crippen LogP contribution in [-0.2, 0) is 0 Å². The molecular formula is C14H20BrFN2. The van der Waals surface area contributed by atoms with Crippen LogP contribution in [0.4, 0.5) is 15.8 Å². The third kappa shape index (κ3) is 2.79. The molecule has 4 heteroatoms. The molecule has 0 aliphatic carbocycles. The first-order chi connectivity index (χ1) is 8.49. The molecule has 0 unspecified atom stereocenters. The van der Waals surface area contributed by atoms with Crippen molar-refractivity contribution in [1.29, 1.82) is 0 Å². The number of piperidine rings is 1. The Morgan fingerprint density at radius 2 is 1.94 bits per heavy atom. The number of nitrogens with zero attached hydrogens (tertiary/aromatic N) is 1. The Morgan fingerprint density at radius 3 is 2.50 bits per heavy atom. The number of rotatable bonds is 2. The van der Waals surface area contributed by atoms with Crippen LogP contribution in [0.3, 0.4) is 0 Å². The van der Waals surface area contributed by atoms with Crippen molar-refractivity contribution in [2.24, 2.45) is 11.8 Å². The van der Waals surface area contributed by atoms with Crippen molar-refractivity contribution in [2.75, 3.05) is 23.7 Å². The van der Waals surface area contributed by atoms with Gasteiger partial charge in [-0.3, -0.25) is 0 Å². The average Bonchev–Trinajstić information content (AvgIpc) is 2.34. The number of anilines is 2. The third-order valence-corrected chi connectivity index (χ3v) is 4.50. The summed E-state index contributed by atoms with van der Waals surface area (Å²) in [5.41, 5.74) is 7.45. The Morgan fingerprint density at radius 1 is 1.33 bits per heavy atom. The van der Waals surface area contributed by atoms with E-state index in [-0.39, 0.29) is 5.82 Å². The van der Waals surface area contributed by atoms with Crippen LogP contribution in [-0.4, -0.2) is 13.1 Å². The molecule has 0 aromatic heterocycles. The Labute approximate surface area is 116 Å². The van der Waals surface area contributed by atoms with Crippen LogP contribution >= 0.6 is 15.9 Å². The molecule has 1 saturated heterocycles. The number of hydrogen-bond acceptors (Lipinski definition) is 2. The summed E-state index contributed by atoms with van der Waals surface area (Å²) in [6, 6.07) is 3.19. The van der Waals surface area contributed by atoms with Crippen LogP contribution in [0, 0.1) is 17.7 Å². The van der Waals surface area contributed by atoms with E-state index >= 15 is 0 Å². The molecule has 18 heavy (non-hydrogen) atoms. The highest BCUT2D eigenvalue weighted by Crippen LogP contribution is 2.33. The van der Waals surface area contributed by atoms with Gasteiger partial charge >= 0.3 is 0 Å². The molecule has 0 saturated carbocycles. The summed E-state index contributed by atoms with van der Waals surface area (Å²) >= 11 is 3.16. The Balaban J connectivity index is 2.12. The standard InChI is InChI=1S/C14H20BrFN2/c1-9(2)10-3-5-18(6-4-10)14-8-12(16)11(15)7-13(14)17/h7-10H,3-6,17H2,1-2H3. The molecule has 0 amide bonds. The van der Waals surface area contributed by atoms with Gasteiger partial charge in [0.15, 0.2) is 0 Å². The average molecular weight is 315 g/mol. The van der Waals surface area contributed by atoms with E-state index in [2.05, 4.69) is 34.7 Å². The highest BCUT2D eigenvalue weighted by atomic mass is 79.9. The fourth-order valence-electron chi connectivity index (χ4n) is 2.63. The predicted molar refractivity (Wildman–Crippen MR) is 78.3 cm³/mol. The van der Waals surface area contributed by atoms with Crippen LogP contribution < -0.4 is 10.6 Å². The molecule has 1 aliphatic rings. The van der Waals surface area contributed by atoms with E-state index in [9.17, 15) is 4.39 Å². The van der Waals surface area contributed by atoms with Crippen molar-refractivity contribution in [2.45, 2.75) is 26.7 Å². The van der Waals surface area contributed by atoms with Crippen molar-refractivity contribution in [1.82, 2.24) is 0 Å². The SMILES string of the molecule is CC(C)C1CCN(c2cc(F)c(Br)cc2N)CC1. The summed E-state index contributed by atoms with van der Waals surface area (Å²) in [6.07, 6.45) is 2.32. The molecule has 1 aliphatic heterocycles. The van der Waals surface area contributed by atoms with Crippen molar-refractivity contribution in [3.05, 3.63) is 22.4 Å². The topological polar surface area (TPSA) is 29.3 Å². The van der Waals surface area contributed by atoms with Gasteiger partial charge in [-0.2, -0.15) is 0 Å². The monoisotopic (exact) mass is 314 g/mol. The zero-order chi connectivity index (χ0) is 13.3. The van der Waals surface area contributed by atoms with Gasteiger partial charge in [0.2, 0.25) is 0 Å². The van der Waals surface area contributed by atoms with Crippen LogP contribution in [0.15, 0.2) is 16.6 Å². The lowest BCUT2D eigenvalue weighted by atomic mass is 9.86. The van der Waals surface area contributed by atoms with E-state index in [4.69, 9.17) is 5.73 Å². The fourth-order valence-corrected chi connectivity index (χ4v) is 2.99. The van der Waals surface area contributed by atoms with E-state index < -0.39 is 0 Å². The van der Waals surface area contributed by atoms with Gasteiger partial charge < -0.3 is 10.6 Å². The zero-order valence-corrected chi connectivity index (χ0v) is 12.5. The largest absolute Gasteiger partial charge is 0.397 e. The van der Waals surface area contributed by atoms with Crippen LogP contribution in [0.25, 0.3) is 0 Å². The molecule has 1 fully saturated rings. The van der Waals surface area contributed by atoms with Gasteiger partial charge in [0.25, 0.3) is 0 Å². The molecule has 1 aromatic carbocycles. The number of nitrogen functional groups attached to an aromatic ring is 1. The molecular weight excluding hydrogens is 295 g/mol. The Hall–Kier alpha value is -0.770. The number of halogens is 2. The first kappa shape index (κ1) is 13.7. The summed E-state index contributed by atoms with van der Waals surface area (Å²) < 4.78 is 14.0. The zero-order valence-electron chi connectivity index (χ0n) is 10.9. The van der Waals surface area contributed by atoms with Crippen LogP contribution in [0.5, 0.6) is 0 Å². The maximum atomic E-state index is 13.6. The van der Waals surface area contributed by atoms with Crippen molar-refractivity contribution in [3.63, 3.8) is 0 Å². The summed E-state index contributed by atoms with van der Waals surface area (Å²) in [6.45, 7) is 6.48. The lowest BCUT2D eigenvalue weighted by Gasteiger charge is -2.36. The van der Waals surface area contributed by atoms with Gasteiger partial charge in [0.1, 0.15) is 5.82 Å². The van der Waals surface area contributed by atoms with E-state index in [1.807, 2.05) is 0 Å². The van der Waals surface area contributed by atoms with Gasteiger partial charge in [-0.25, -0.2) is 4.39 Å². The minimum Gasteiger partial charge on any atom is -0.397 e. The molecule has 0 atom stereocenters. The second-order valence-corrected chi connectivity index (χ2v) is 6.25. The second kappa shape index (κ2) is 5.47. The molecule has 2 N–H and O–H groups in total. The third-order valence-electron chi connectivity index (χ3n) is 3.89. The van der Waals surface area contributed by atoms with Gasteiger partial charge in [-0.1, -0.05) is 13.8 Å². The fraction of sp³-hybridized carbons (Fsp3) is 0.571. The molecule has 0 radical (unpaired) electrons. The van der Waals surface area contributed by atoms with Gasteiger partial charge in [-0.05, 0) is 46.7 Å². The van der Waals surface area contributed by atoms with E-state index in [1.165, 1.54) is 6.07 Å². The second-order valence-electron chi connectivity index (χ2n) is 5.39. The van der Waals surface area contributed by atoms with Crippen LogP contribution in [0.2, 0.25) is 0 Å². The number of nitrogens with two attached hydrogens (primary N) is 1. The van der Waals surface area contributed by atoms with Crippen molar-refractivity contribution >= 4 is 27.3 Å². The Bertz CT molecular complexity index is 426. The minimum atomic E-state index is -0.245. The molecule has 2 rings (SSSR count). The number of benzene rings is 1. The highest BCUT2D eigenvalue weighted by Gasteiger charge is 2.23. The normalized spacial score (nSPS) is 17.5. The minimum absolute atomic E-state index is 0.245. The molecule has 0 bridgehead atoms. The van der Waals surface area contributed by atoms with Crippen molar-refractivity contribution < 1.29 is 4.39 Å². The lowest BCUT2D eigenvalue weighted by molar-refractivity contribution is 0.311. The maximum Gasteiger partial charge on any atom is 0.139 e. The molecule has 1 heterocycles. The predicted octanol–water partition coefficient (Wildman–Crippen LogP) is 4.04. The lowest BCUT2D eigenvalue weighted by Crippen LogP contribution is -2.35. The van der Waals surface area contributed by atoms with E-state index in [0.29, 0.717) is 10.2 Å². The van der Waals surface area contributed by atoms with Gasteiger partial charge in [0.05, 0.1) is 15.8 Å². The van der Waals surface area contributed by atoms with Gasteiger partial charge in [-0.15, -0.1) is 0 Å². The summed E-state index contributed by atoms with van der Waals surface area (Å²) in [5.74, 6) is 1.26. The first-order valence-corrected chi connectivity index (χ1v) is 7.27. The molecule has 2 nitrogen and oxygen atoms in total. The molecule has 100 valence electrons. The molecule has 0 spiro atoms.